The molecule has 1 rings (SSSR count). The van der Waals surface area contributed by atoms with Crippen LogP contribution in [0.2, 0.25) is 0 Å². The number of carbonyl (C=O) groups excluding carboxylic acids is 1. The number of benzene rings is 1. The zero-order valence-corrected chi connectivity index (χ0v) is 11.6. The van der Waals surface area contributed by atoms with Gasteiger partial charge in [0.15, 0.2) is 17.6 Å². The fraction of sp³-hybridized carbons (Fsp3) is 0.500. The molecule has 100 valence electrons. The Balaban J connectivity index is 2.69. The molecule has 1 unspecified atom stereocenters. The molecule has 4 nitrogen and oxygen atoms in total. The highest BCUT2D eigenvalue weighted by Gasteiger charge is 2.21. The van der Waals surface area contributed by atoms with Crippen LogP contribution in [0.1, 0.15) is 27.7 Å². The number of methoxy groups -OCH3 is 1. The minimum Gasteiger partial charge on any atom is -0.493 e. The monoisotopic (exact) mass is 251 g/mol. The van der Waals surface area contributed by atoms with Gasteiger partial charge in [-0.15, -0.1) is 0 Å². The van der Waals surface area contributed by atoms with Gasteiger partial charge >= 0.3 is 0 Å². The fourth-order valence-corrected chi connectivity index (χ4v) is 1.43. The summed E-state index contributed by atoms with van der Waals surface area (Å²) in [6.07, 6.45) is -0.569. The maximum Gasteiger partial charge on any atom is 0.261 e. The molecule has 1 N–H and O–H groups in total. The number of ether oxygens (including phenoxy) is 2. The number of rotatable bonds is 4. The van der Waals surface area contributed by atoms with Crippen molar-refractivity contribution in [3.8, 4) is 11.5 Å². The van der Waals surface area contributed by atoms with Crippen molar-refractivity contribution >= 4 is 5.91 Å². The topological polar surface area (TPSA) is 47.6 Å². The van der Waals surface area contributed by atoms with E-state index in [0.717, 1.165) is 0 Å². The molecule has 1 aromatic carbocycles. The third-order valence-electron chi connectivity index (χ3n) is 2.24. The lowest BCUT2D eigenvalue weighted by atomic mass is 10.1. The van der Waals surface area contributed by atoms with Gasteiger partial charge in [-0.1, -0.05) is 12.1 Å². The highest BCUT2D eigenvalue weighted by molar-refractivity contribution is 5.81. The van der Waals surface area contributed by atoms with E-state index >= 15 is 0 Å². The summed E-state index contributed by atoms with van der Waals surface area (Å²) in [5.41, 5.74) is -0.268. The molecule has 4 heteroatoms. The molecule has 1 atom stereocenters. The van der Waals surface area contributed by atoms with Crippen LogP contribution in [0.15, 0.2) is 24.3 Å². The van der Waals surface area contributed by atoms with Crippen LogP contribution < -0.4 is 14.8 Å². The Bertz CT molecular complexity index is 410. The van der Waals surface area contributed by atoms with Gasteiger partial charge in [-0.2, -0.15) is 0 Å². The van der Waals surface area contributed by atoms with Gasteiger partial charge in [0, 0.05) is 5.54 Å². The van der Waals surface area contributed by atoms with E-state index in [-0.39, 0.29) is 11.4 Å². The summed E-state index contributed by atoms with van der Waals surface area (Å²) in [4.78, 5) is 11.9. The maximum absolute atomic E-state index is 11.9. The first-order valence-corrected chi connectivity index (χ1v) is 5.95. The lowest BCUT2D eigenvalue weighted by molar-refractivity contribution is -0.128. The number of para-hydroxylation sites is 2. The number of hydrogen-bond acceptors (Lipinski definition) is 3. The Hall–Kier alpha value is -1.71. The SMILES string of the molecule is COc1ccccc1OC(C)C(=O)NC(C)(C)C. The third-order valence-corrected chi connectivity index (χ3v) is 2.24. The van der Waals surface area contributed by atoms with Crippen LogP contribution >= 0.6 is 0 Å². The van der Waals surface area contributed by atoms with E-state index in [9.17, 15) is 4.79 Å². The molecule has 0 saturated heterocycles. The van der Waals surface area contributed by atoms with Crippen molar-refractivity contribution < 1.29 is 14.3 Å². The predicted octanol–water partition coefficient (Wildman–Crippen LogP) is 2.38. The highest BCUT2D eigenvalue weighted by Crippen LogP contribution is 2.26. The number of hydrogen-bond donors (Lipinski definition) is 1. The Morgan fingerprint density at radius 1 is 1.22 bits per heavy atom. The quantitative estimate of drug-likeness (QED) is 0.893. The first-order valence-electron chi connectivity index (χ1n) is 5.95. The fourth-order valence-electron chi connectivity index (χ4n) is 1.43. The first-order chi connectivity index (χ1) is 8.33. The van der Waals surface area contributed by atoms with Crippen molar-refractivity contribution in [3.05, 3.63) is 24.3 Å². The van der Waals surface area contributed by atoms with Gasteiger partial charge in [0.25, 0.3) is 5.91 Å². The van der Waals surface area contributed by atoms with E-state index in [4.69, 9.17) is 9.47 Å². The molecule has 0 aliphatic carbocycles. The minimum absolute atomic E-state index is 0.145. The van der Waals surface area contributed by atoms with Gasteiger partial charge < -0.3 is 14.8 Å². The van der Waals surface area contributed by atoms with Crippen LogP contribution in [0.4, 0.5) is 0 Å². The molecule has 0 fully saturated rings. The lowest BCUT2D eigenvalue weighted by Crippen LogP contribution is -2.46. The summed E-state index contributed by atoms with van der Waals surface area (Å²) < 4.78 is 10.8. The predicted molar refractivity (Wildman–Crippen MR) is 71.0 cm³/mol. The van der Waals surface area contributed by atoms with Crippen LogP contribution in [0.25, 0.3) is 0 Å². The molecule has 18 heavy (non-hydrogen) atoms. The number of carbonyl (C=O) groups is 1. The summed E-state index contributed by atoms with van der Waals surface area (Å²) in [7, 11) is 1.57. The molecule has 0 aliphatic rings. The molecular formula is C14H21NO3. The minimum atomic E-state index is -0.569. The smallest absolute Gasteiger partial charge is 0.261 e. The Morgan fingerprint density at radius 3 is 2.28 bits per heavy atom. The Labute approximate surface area is 108 Å². The molecule has 0 radical (unpaired) electrons. The molecular weight excluding hydrogens is 230 g/mol. The number of nitrogens with one attached hydrogen (secondary N) is 1. The summed E-state index contributed by atoms with van der Waals surface area (Å²) >= 11 is 0. The molecule has 0 aliphatic heterocycles. The van der Waals surface area contributed by atoms with Crippen molar-refractivity contribution in [2.24, 2.45) is 0 Å². The molecule has 0 aromatic heterocycles. The molecule has 1 aromatic rings. The number of amides is 1. The van der Waals surface area contributed by atoms with Gasteiger partial charge in [-0.05, 0) is 39.8 Å². The van der Waals surface area contributed by atoms with E-state index in [1.807, 2.05) is 32.9 Å². The van der Waals surface area contributed by atoms with E-state index in [0.29, 0.717) is 11.5 Å². The van der Waals surface area contributed by atoms with Crippen molar-refractivity contribution in [1.29, 1.82) is 0 Å². The molecule has 0 spiro atoms. The van der Waals surface area contributed by atoms with Crippen molar-refractivity contribution in [2.45, 2.75) is 39.3 Å². The summed E-state index contributed by atoms with van der Waals surface area (Å²) in [6.45, 7) is 7.51. The summed E-state index contributed by atoms with van der Waals surface area (Å²) in [5, 5.41) is 2.87. The zero-order chi connectivity index (χ0) is 13.8. The van der Waals surface area contributed by atoms with Gasteiger partial charge in [-0.3, -0.25) is 4.79 Å². The van der Waals surface area contributed by atoms with Crippen molar-refractivity contribution in [2.75, 3.05) is 7.11 Å². The van der Waals surface area contributed by atoms with Crippen LogP contribution in [-0.2, 0) is 4.79 Å². The van der Waals surface area contributed by atoms with Crippen LogP contribution in [0.3, 0.4) is 0 Å². The normalized spacial score (nSPS) is 12.7. The van der Waals surface area contributed by atoms with E-state index < -0.39 is 6.10 Å². The van der Waals surface area contributed by atoms with E-state index in [1.165, 1.54) is 0 Å². The van der Waals surface area contributed by atoms with E-state index in [2.05, 4.69) is 5.32 Å². The zero-order valence-electron chi connectivity index (χ0n) is 11.6. The van der Waals surface area contributed by atoms with Gasteiger partial charge in [-0.25, -0.2) is 0 Å². The average Bonchev–Trinajstić information content (AvgIpc) is 2.27. The Kier molecular flexibility index (Phi) is 4.59. The molecule has 1 amide bonds. The van der Waals surface area contributed by atoms with Gasteiger partial charge in [0.2, 0.25) is 0 Å². The third kappa shape index (κ3) is 4.28. The van der Waals surface area contributed by atoms with Crippen LogP contribution in [-0.4, -0.2) is 24.7 Å². The van der Waals surface area contributed by atoms with Gasteiger partial charge in [0.1, 0.15) is 0 Å². The second-order valence-electron chi connectivity index (χ2n) is 5.15. The first kappa shape index (κ1) is 14.4. The largest absolute Gasteiger partial charge is 0.493 e. The van der Waals surface area contributed by atoms with Crippen LogP contribution in [0.5, 0.6) is 11.5 Å². The maximum atomic E-state index is 11.9. The van der Waals surface area contributed by atoms with E-state index in [1.54, 1.807) is 26.2 Å². The van der Waals surface area contributed by atoms with Crippen molar-refractivity contribution in [1.82, 2.24) is 5.32 Å². The second-order valence-corrected chi connectivity index (χ2v) is 5.15. The molecule has 0 heterocycles. The molecule has 0 saturated carbocycles. The summed E-state index contributed by atoms with van der Waals surface area (Å²) in [6, 6.07) is 7.27. The molecule has 0 bridgehead atoms. The summed E-state index contributed by atoms with van der Waals surface area (Å²) in [5.74, 6) is 1.04. The second kappa shape index (κ2) is 5.76. The average molecular weight is 251 g/mol. The highest BCUT2D eigenvalue weighted by atomic mass is 16.5. The van der Waals surface area contributed by atoms with Crippen molar-refractivity contribution in [3.63, 3.8) is 0 Å². The lowest BCUT2D eigenvalue weighted by Gasteiger charge is -2.24. The van der Waals surface area contributed by atoms with Crippen LogP contribution in [0, 0.1) is 0 Å². The Morgan fingerprint density at radius 2 is 1.78 bits per heavy atom. The standard InChI is InChI=1S/C14H21NO3/c1-10(13(16)15-14(2,3)4)18-12-9-7-6-8-11(12)17-5/h6-10H,1-5H3,(H,15,16). The van der Waals surface area contributed by atoms with Gasteiger partial charge in [0.05, 0.1) is 7.11 Å².